The van der Waals surface area contributed by atoms with Crippen LogP contribution >= 0.6 is 11.3 Å². The Kier molecular flexibility index (Phi) is 3.84. The first-order valence-electron chi connectivity index (χ1n) is 5.41. The Bertz CT molecular complexity index is 475. The van der Waals surface area contributed by atoms with Crippen LogP contribution in [0, 0.1) is 0 Å². The van der Waals surface area contributed by atoms with Gasteiger partial charge in [-0.25, -0.2) is 8.42 Å². The monoisotopic (exact) mass is 276 g/mol. The molecule has 1 aliphatic heterocycles. The SMILES string of the molecule is CN1CCN(S(=O)(=O)c2csc(CO)c2)CC1. The van der Waals surface area contributed by atoms with Gasteiger partial charge in [0, 0.05) is 36.4 Å². The van der Waals surface area contributed by atoms with Crippen molar-refractivity contribution in [1.29, 1.82) is 0 Å². The molecule has 96 valence electrons. The highest BCUT2D eigenvalue weighted by Crippen LogP contribution is 2.23. The Morgan fingerprint density at radius 1 is 1.35 bits per heavy atom. The average molecular weight is 276 g/mol. The van der Waals surface area contributed by atoms with Gasteiger partial charge in [-0.1, -0.05) is 0 Å². The van der Waals surface area contributed by atoms with E-state index < -0.39 is 10.0 Å². The Hall–Kier alpha value is -0.470. The summed E-state index contributed by atoms with van der Waals surface area (Å²) in [5.74, 6) is 0. The van der Waals surface area contributed by atoms with E-state index in [1.807, 2.05) is 7.05 Å². The van der Waals surface area contributed by atoms with E-state index in [0.29, 0.717) is 22.9 Å². The Morgan fingerprint density at radius 3 is 2.53 bits per heavy atom. The van der Waals surface area contributed by atoms with E-state index in [2.05, 4.69) is 4.90 Å². The number of hydrogen-bond acceptors (Lipinski definition) is 5. The van der Waals surface area contributed by atoms with Crippen LogP contribution in [0.15, 0.2) is 16.3 Å². The molecule has 1 N–H and O–H groups in total. The summed E-state index contributed by atoms with van der Waals surface area (Å²) in [7, 11) is -1.38. The molecule has 0 aromatic carbocycles. The van der Waals surface area contributed by atoms with E-state index in [1.165, 1.54) is 15.6 Å². The molecule has 0 aliphatic carbocycles. The zero-order valence-corrected chi connectivity index (χ0v) is 11.3. The van der Waals surface area contributed by atoms with Crippen LogP contribution in [0.3, 0.4) is 0 Å². The molecule has 1 aliphatic rings. The summed E-state index contributed by atoms with van der Waals surface area (Å²) < 4.78 is 26.0. The molecular weight excluding hydrogens is 260 g/mol. The van der Waals surface area contributed by atoms with Crippen molar-refractivity contribution < 1.29 is 13.5 Å². The third-order valence-electron chi connectivity index (χ3n) is 2.89. The number of piperazine rings is 1. The highest BCUT2D eigenvalue weighted by molar-refractivity contribution is 7.89. The minimum atomic E-state index is -3.37. The largest absolute Gasteiger partial charge is 0.391 e. The maximum atomic E-state index is 12.3. The molecule has 1 fully saturated rings. The predicted octanol–water partition coefficient (Wildman–Crippen LogP) is 0.177. The first kappa shape index (κ1) is 13.0. The lowest BCUT2D eigenvalue weighted by Crippen LogP contribution is -2.46. The summed E-state index contributed by atoms with van der Waals surface area (Å²) in [6.45, 7) is 2.47. The van der Waals surface area contributed by atoms with Crippen molar-refractivity contribution in [2.75, 3.05) is 33.2 Å². The lowest BCUT2D eigenvalue weighted by atomic mass is 10.4. The van der Waals surface area contributed by atoms with Crippen molar-refractivity contribution in [3.05, 3.63) is 16.3 Å². The van der Waals surface area contributed by atoms with Crippen LogP contribution < -0.4 is 0 Å². The zero-order valence-electron chi connectivity index (χ0n) is 9.66. The molecule has 0 bridgehead atoms. The number of aliphatic hydroxyl groups excluding tert-OH is 1. The number of thiophene rings is 1. The summed E-state index contributed by atoms with van der Waals surface area (Å²) in [4.78, 5) is 3.09. The molecular formula is C10H16N2O3S2. The van der Waals surface area contributed by atoms with Crippen molar-refractivity contribution in [2.45, 2.75) is 11.5 Å². The molecule has 17 heavy (non-hydrogen) atoms. The van der Waals surface area contributed by atoms with Gasteiger partial charge in [-0.15, -0.1) is 11.3 Å². The smallest absolute Gasteiger partial charge is 0.243 e. The van der Waals surface area contributed by atoms with Gasteiger partial charge in [0.05, 0.1) is 11.5 Å². The Labute approximate surface area is 105 Å². The molecule has 2 heterocycles. The molecule has 1 aromatic rings. The van der Waals surface area contributed by atoms with Crippen LogP contribution in [-0.2, 0) is 16.6 Å². The van der Waals surface area contributed by atoms with Gasteiger partial charge < -0.3 is 10.0 Å². The Morgan fingerprint density at radius 2 is 2.00 bits per heavy atom. The number of rotatable bonds is 3. The van der Waals surface area contributed by atoms with Gasteiger partial charge in [0.1, 0.15) is 0 Å². The molecule has 0 unspecified atom stereocenters. The number of sulfonamides is 1. The molecule has 1 aromatic heterocycles. The summed E-state index contributed by atoms with van der Waals surface area (Å²) in [6, 6.07) is 1.55. The number of hydrogen-bond donors (Lipinski definition) is 1. The van der Waals surface area contributed by atoms with Gasteiger partial charge in [-0.2, -0.15) is 4.31 Å². The van der Waals surface area contributed by atoms with Crippen molar-refractivity contribution >= 4 is 21.4 Å². The van der Waals surface area contributed by atoms with E-state index in [9.17, 15) is 8.42 Å². The highest BCUT2D eigenvalue weighted by atomic mass is 32.2. The molecule has 1 saturated heterocycles. The van der Waals surface area contributed by atoms with Crippen LogP contribution in [0.2, 0.25) is 0 Å². The molecule has 0 amide bonds. The fourth-order valence-electron chi connectivity index (χ4n) is 1.76. The van der Waals surface area contributed by atoms with Gasteiger partial charge >= 0.3 is 0 Å². The van der Waals surface area contributed by atoms with Gasteiger partial charge in [0.25, 0.3) is 0 Å². The minimum Gasteiger partial charge on any atom is -0.391 e. The maximum absolute atomic E-state index is 12.3. The highest BCUT2D eigenvalue weighted by Gasteiger charge is 2.28. The molecule has 7 heteroatoms. The number of likely N-dealkylation sites (N-methyl/N-ethyl adjacent to an activating group) is 1. The van der Waals surface area contributed by atoms with E-state index in [-0.39, 0.29) is 6.61 Å². The molecule has 0 radical (unpaired) electrons. The van der Waals surface area contributed by atoms with Crippen molar-refractivity contribution in [1.82, 2.24) is 9.21 Å². The predicted molar refractivity (Wildman–Crippen MR) is 66.5 cm³/mol. The fraction of sp³-hybridized carbons (Fsp3) is 0.600. The summed E-state index contributed by atoms with van der Waals surface area (Å²) in [5.41, 5.74) is 0. The number of aliphatic hydroxyl groups is 1. The second kappa shape index (κ2) is 5.03. The summed E-state index contributed by atoms with van der Waals surface area (Å²) in [6.07, 6.45) is 0. The van der Waals surface area contributed by atoms with Crippen molar-refractivity contribution in [3.63, 3.8) is 0 Å². The molecule has 5 nitrogen and oxygen atoms in total. The van der Waals surface area contributed by atoms with Gasteiger partial charge in [-0.3, -0.25) is 0 Å². The quantitative estimate of drug-likeness (QED) is 0.855. The standard InChI is InChI=1S/C10H16N2O3S2/c1-11-2-4-12(5-3-11)17(14,15)10-6-9(7-13)16-8-10/h6,8,13H,2-5,7H2,1H3. The van der Waals surface area contributed by atoms with Crippen LogP contribution in [0.4, 0.5) is 0 Å². The third kappa shape index (κ3) is 2.69. The van der Waals surface area contributed by atoms with E-state index in [4.69, 9.17) is 5.11 Å². The lowest BCUT2D eigenvalue weighted by molar-refractivity contribution is 0.222. The van der Waals surface area contributed by atoms with Crippen LogP contribution in [0.5, 0.6) is 0 Å². The number of nitrogens with zero attached hydrogens (tertiary/aromatic N) is 2. The molecule has 0 spiro atoms. The van der Waals surface area contributed by atoms with Crippen LogP contribution in [-0.4, -0.2) is 56.0 Å². The zero-order chi connectivity index (χ0) is 12.5. The fourth-order valence-corrected chi connectivity index (χ4v) is 4.30. The van der Waals surface area contributed by atoms with E-state index >= 15 is 0 Å². The normalized spacial score (nSPS) is 19.6. The minimum absolute atomic E-state index is 0.108. The van der Waals surface area contributed by atoms with E-state index in [0.717, 1.165) is 13.1 Å². The second-order valence-electron chi connectivity index (χ2n) is 4.11. The van der Waals surface area contributed by atoms with Crippen molar-refractivity contribution in [2.24, 2.45) is 0 Å². The maximum Gasteiger partial charge on any atom is 0.243 e. The van der Waals surface area contributed by atoms with Crippen LogP contribution in [0.25, 0.3) is 0 Å². The van der Waals surface area contributed by atoms with Gasteiger partial charge in [-0.05, 0) is 13.1 Å². The summed E-state index contributed by atoms with van der Waals surface area (Å²) >= 11 is 1.27. The van der Waals surface area contributed by atoms with E-state index in [1.54, 1.807) is 11.4 Å². The first-order valence-corrected chi connectivity index (χ1v) is 7.73. The van der Waals surface area contributed by atoms with Crippen LogP contribution in [0.1, 0.15) is 4.88 Å². The lowest BCUT2D eigenvalue weighted by Gasteiger charge is -2.31. The topological polar surface area (TPSA) is 60.9 Å². The molecule has 0 saturated carbocycles. The Balaban J connectivity index is 2.18. The van der Waals surface area contributed by atoms with Crippen molar-refractivity contribution in [3.8, 4) is 0 Å². The summed E-state index contributed by atoms with van der Waals surface area (Å²) in [5, 5.41) is 10.6. The average Bonchev–Trinajstić information content (AvgIpc) is 2.78. The van der Waals surface area contributed by atoms with Gasteiger partial charge in [0.15, 0.2) is 0 Å². The van der Waals surface area contributed by atoms with Gasteiger partial charge in [0.2, 0.25) is 10.0 Å². The second-order valence-corrected chi connectivity index (χ2v) is 7.05. The third-order valence-corrected chi connectivity index (χ3v) is 5.83. The first-order chi connectivity index (χ1) is 8.04. The molecule has 0 atom stereocenters. The molecule has 2 rings (SSSR count).